The zero-order valence-electron chi connectivity index (χ0n) is 12.4. The summed E-state index contributed by atoms with van der Waals surface area (Å²) in [5, 5.41) is 3.55. The van der Waals surface area contributed by atoms with E-state index in [1.807, 2.05) is 0 Å². The Labute approximate surface area is 117 Å². The van der Waals surface area contributed by atoms with Crippen LogP contribution in [0.4, 0.5) is 0 Å². The van der Waals surface area contributed by atoms with Crippen LogP contribution in [-0.2, 0) is 9.47 Å². The van der Waals surface area contributed by atoms with Gasteiger partial charge < -0.3 is 14.8 Å². The van der Waals surface area contributed by atoms with E-state index < -0.39 is 0 Å². The number of morpholine rings is 1. The van der Waals surface area contributed by atoms with E-state index in [0.29, 0.717) is 12.1 Å². The molecule has 112 valence electrons. The van der Waals surface area contributed by atoms with Gasteiger partial charge in [-0.1, -0.05) is 0 Å². The summed E-state index contributed by atoms with van der Waals surface area (Å²) < 4.78 is 11.2. The van der Waals surface area contributed by atoms with Crippen LogP contribution in [0.25, 0.3) is 0 Å². The van der Waals surface area contributed by atoms with Gasteiger partial charge >= 0.3 is 0 Å². The van der Waals surface area contributed by atoms with Crippen LogP contribution in [0.1, 0.15) is 39.0 Å². The molecule has 0 aromatic heterocycles. The van der Waals surface area contributed by atoms with Gasteiger partial charge in [0, 0.05) is 38.9 Å². The molecular weight excluding hydrogens is 240 g/mol. The van der Waals surface area contributed by atoms with Gasteiger partial charge in [-0.25, -0.2) is 0 Å². The number of nitrogens with one attached hydrogen (secondary N) is 1. The van der Waals surface area contributed by atoms with Crippen LogP contribution in [0.15, 0.2) is 0 Å². The fourth-order valence-corrected chi connectivity index (χ4v) is 3.23. The van der Waals surface area contributed by atoms with Gasteiger partial charge in [-0.3, -0.25) is 4.90 Å². The number of unbranched alkanes of at least 4 members (excludes halogenated alkanes) is 1. The van der Waals surface area contributed by atoms with Crippen LogP contribution in [0, 0.1) is 0 Å². The maximum absolute atomic E-state index is 5.84. The second kappa shape index (κ2) is 8.90. The summed E-state index contributed by atoms with van der Waals surface area (Å²) in [4.78, 5) is 2.63. The number of rotatable bonds is 9. The van der Waals surface area contributed by atoms with E-state index in [1.165, 1.54) is 38.6 Å². The van der Waals surface area contributed by atoms with Crippen molar-refractivity contribution in [3.8, 4) is 0 Å². The highest BCUT2D eigenvalue weighted by Gasteiger charge is 2.35. The van der Waals surface area contributed by atoms with Crippen molar-refractivity contribution in [2.45, 2.75) is 51.2 Å². The first-order valence-electron chi connectivity index (χ1n) is 8.06. The van der Waals surface area contributed by atoms with Crippen molar-refractivity contribution in [2.24, 2.45) is 0 Å². The first-order valence-corrected chi connectivity index (χ1v) is 8.06. The molecule has 0 aromatic carbocycles. The summed E-state index contributed by atoms with van der Waals surface area (Å²) >= 11 is 0. The third-order valence-corrected chi connectivity index (χ3v) is 4.27. The van der Waals surface area contributed by atoms with Gasteiger partial charge in [0.25, 0.3) is 0 Å². The van der Waals surface area contributed by atoms with E-state index in [1.54, 1.807) is 0 Å². The van der Waals surface area contributed by atoms with Crippen LogP contribution in [0.3, 0.4) is 0 Å². The largest absolute Gasteiger partial charge is 0.382 e. The molecule has 2 rings (SSSR count). The molecule has 0 aromatic rings. The van der Waals surface area contributed by atoms with Gasteiger partial charge in [0.1, 0.15) is 0 Å². The van der Waals surface area contributed by atoms with Crippen molar-refractivity contribution in [3.05, 3.63) is 0 Å². The molecular formula is C15H30N2O2. The van der Waals surface area contributed by atoms with E-state index in [-0.39, 0.29) is 0 Å². The van der Waals surface area contributed by atoms with Gasteiger partial charge in [-0.2, -0.15) is 0 Å². The number of nitrogens with zero attached hydrogens (tertiary/aromatic N) is 1. The summed E-state index contributed by atoms with van der Waals surface area (Å²) in [5.74, 6) is 0. The summed E-state index contributed by atoms with van der Waals surface area (Å²) in [5.41, 5.74) is 0. The highest BCUT2D eigenvalue weighted by Crippen LogP contribution is 2.29. The lowest BCUT2D eigenvalue weighted by Gasteiger charge is -2.37. The predicted octanol–water partition coefficient (Wildman–Crippen LogP) is 1.65. The molecule has 19 heavy (non-hydrogen) atoms. The van der Waals surface area contributed by atoms with Gasteiger partial charge in [0.15, 0.2) is 0 Å². The number of fused-ring (bicyclic) bond motifs is 1. The molecule has 4 heteroatoms. The van der Waals surface area contributed by atoms with Gasteiger partial charge in [-0.15, -0.1) is 0 Å². The molecule has 1 N–H and O–H groups in total. The van der Waals surface area contributed by atoms with Crippen molar-refractivity contribution in [1.82, 2.24) is 10.2 Å². The van der Waals surface area contributed by atoms with E-state index in [0.717, 1.165) is 39.5 Å². The monoisotopic (exact) mass is 270 g/mol. The molecule has 2 fully saturated rings. The Hall–Kier alpha value is -0.160. The van der Waals surface area contributed by atoms with Crippen LogP contribution in [0.5, 0.6) is 0 Å². The maximum Gasteiger partial charge on any atom is 0.0730 e. The second-order valence-electron chi connectivity index (χ2n) is 5.60. The fraction of sp³-hybridized carbons (Fsp3) is 1.00. The van der Waals surface area contributed by atoms with E-state index in [9.17, 15) is 0 Å². The van der Waals surface area contributed by atoms with Crippen LogP contribution < -0.4 is 5.32 Å². The molecule has 1 saturated carbocycles. The van der Waals surface area contributed by atoms with Gasteiger partial charge in [-0.05, 0) is 45.6 Å². The van der Waals surface area contributed by atoms with Gasteiger partial charge in [0.05, 0.1) is 12.7 Å². The minimum atomic E-state index is 0.528. The molecule has 2 atom stereocenters. The molecule has 1 saturated heterocycles. The average molecular weight is 270 g/mol. The lowest BCUT2D eigenvalue weighted by Crippen LogP contribution is -2.50. The van der Waals surface area contributed by atoms with Crippen LogP contribution >= 0.6 is 0 Å². The first kappa shape index (κ1) is 15.2. The number of hydrogen-bond acceptors (Lipinski definition) is 4. The highest BCUT2D eigenvalue weighted by atomic mass is 16.5. The highest BCUT2D eigenvalue weighted by molar-refractivity contribution is 4.89. The van der Waals surface area contributed by atoms with E-state index >= 15 is 0 Å². The Bertz CT molecular complexity index is 238. The Kier molecular flexibility index (Phi) is 7.14. The number of ether oxygens (including phenoxy) is 2. The summed E-state index contributed by atoms with van der Waals surface area (Å²) in [6.07, 6.45) is 6.86. The molecule has 0 amide bonds. The topological polar surface area (TPSA) is 33.7 Å². The molecule has 1 aliphatic carbocycles. The second-order valence-corrected chi connectivity index (χ2v) is 5.60. The minimum absolute atomic E-state index is 0.528. The first-order chi connectivity index (χ1) is 9.42. The normalized spacial score (nSPS) is 27.6. The van der Waals surface area contributed by atoms with Crippen LogP contribution in [0.2, 0.25) is 0 Å². The molecule has 2 aliphatic rings. The molecule has 0 radical (unpaired) electrons. The summed E-state index contributed by atoms with van der Waals surface area (Å²) in [7, 11) is 0. The van der Waals surface area contributed by atoms with Crippen molar-refractivity contribution in [3.63, 3.8) is 0 Å². The number of hydrogen-bond donors (Lipinski definition) is 1. The fourth-order valence-electron chi connectivity index (χ4n) is 3.23. The Morgan fingerprint density at radius 1 is 1.26 bits per heavy atom. The molecule has 1 aliphatic heterocycles. The molecule has 4 nitrogen and oxygen atoms in total. The molecule has 2 unspecified atom stereocenters. The third kappa shape index (κ3) is 5.03. The Morgan fingerprint density at radius 3 is 3.11 bits per heavy atom. The van der Waals surface area contributed by atoms with Gasteiger partial charge in [0.2, 0.25) is 0 Å². The minimum Gasteiger partial charge on any atom is -0.382 e. The van der Waals surface area contributed by atoms with E-state index in [2.05, 4.69) is 17.1 Å². The van der Waals surface area contributed by atoms with Crippen molar-refractivity contribution in [2.75, 3.05) is 46.0 Å². The van der Waals surface area contributed by atoms with E-state index in [4.69, 9.17) is 9.47 Å². The lowest BCUT2D eigenvalue weighted by atomic mass is 10.1. The maximum atomic E-state index is 5.84. The van der Waals surface area contributed by atoms with Crippen molar-refractivity contribution in [1.29, 1.82) is 0 Å². The predicted molar refractivity (Wildman–Crippen MR) is 77.5 cm³/mol. The average Bonchev–Trinajstić information content (AvgIpc) is 2.91. The molecule has 0 bridgehead atoms. The Morgan fingerprint density at radius 2 is 2.21 bits per heavy atom. The summed E-state index contributed by atoms with van der Waals surface area (Å²) in [6.45, 7) is 9.25. The van der Waals surface area contributed by atoms with Crippen molar-refractivity contribution < 1.29 is 9.47 Å². The molecule has 0 spiro atoms. The van der Waals surface area contributed by atoms with Crippen LogP contribution in [-0.4, -0.2) is 63.0 Å². The zero-order chi connectivity index (χ0) is 13.3. The zero-order valence-corrected chi connectivity index (χ0v) is 12.4. The quantitative estimate of drug-likeness (QED) is 0.646. The van der Waals surface area contributed by atoms with Crippen molar-refractivity contribution >= 4 is 0 Å². The smallest absolute Gasteiger partial charge is 0.0730 e. The lowest BCUT2D eigenvalue weighted by molar-refractivity contribution is -0.0548. The SMILES string of the molecule is CCOCCCCNCCN1CCOC2CCCC21. The summed E-state index contributed by atoms with van der Waals surface area (Å²) in [6, 6.07) is 0.702. The molecule has 1 heterocycles. The standard InChI is InChI=1S/C15H30N2O2/c1-2-18-12-4-3-8-16-9-10-17-11-13-19-15-7-5-6-14(15)17/h14-16H,2-13H2,1H3. The third-order valence-electron chi connectivity index (χ3n) is 4.27. The Balaban J connectivity index is 1.48.